The Hall–Kier alpha value is -1.51. The number of rotatable bonds is 3. The van der Waals surface area contributed by atoms with E-state index in [0.29, 0.717) is 12.2 Å². The minimum absolute atomic E-state index is 0.0716. The normalized spacial score (nSPS) is 24.4. The predicted molar refractivity (Wildman–Crippen MR) is 57.5 cm³/mol. The summed E-state index contributed by atoms with van der Waals surface area (Å²) in [5.74, 6) is -0.351. The van der Waals surface area contributed by atoms with E-state index in [9.17, 15) is 13.2 Å². The van der Waals surface area contributed by atoms with Gasteiger partial charge < -0.3 is 5.32 Å². The van der Waals surface area contributed by atoms with Crippen LogP contribution in [0.25, 0.3) is 0 Å². The SMILES string of the molecule is CC(NC(=O)C1CCS(=O)(=O)C1)c1nn[nH]n1. The van der Waals surface area contributed by atoms with Gasteiger partial charge in [0.05, 0.1) is 23.5 Å². The molecule has 0 radical (unpaired) electrons. The summed E-state index contributed by atoms with van der Waals surface area (Å²) in [4.78, 5) is 11.8. The number of aromatic amines is 1. The van der Waals surface area contributed by atoms with Crippen LogP contribution in [-0.4, -0.2) is 46.5 Å². The molecule has 0 aromatic carbocycles. The van der Waals surface area contributed by atoms with Crippen LogP contribution in [0.4, 0.5) is 0 Å². The Morgan fingerprint density at radius 2 is 2.35 bits per heavy atom. The second-order valence-corrected chi connectivity index (χ2v) is 6.33. The molecular weight excluding hydrogens is 246 g/mol. The summed E-state index contributed by atoms with van der Waals surface area (Å²) in [5, 5.41) is 15.8. The van der Waals surface area contributed by atoms with Crippen molar-refractivity contribution < 1.29 is 13.2 Å². The fourth-order valence-corrected chi connectivity index (χ4v) is 3.49. The van der Waals surface area contributed by atoms with E-state index in [1.807, 2.05) is 0 Å². The first kappa shape index (κ1) is 12.0. The third-order valence-electron chi connectivity index (χ3n) is 2.71. The first-order valence-corrected chi connectivity index (χ1v) is 7.04. The second kappa shape index (κ2) is 4.40. The van der Waals surface area contributed by atoms with Gasteiger partial charge >= 0.3 is 0 Å². The van der Waals surface area contributed by atoms with E-state index in [4.69, 9.17) is 0 Å². The molecule has 2 unspecified atom stereocenters. The van der Waals surface area contributed by atoms with E-state index in [-0.39, 0.29) is 23.5 Å². The highest BCUT2D eigenvalue weighted by Gasteiger charge is 2.33. The zero-order valence-electron chi connectivity index (χ0n) is 9.25. The molecule has 2 atom stereocenters. The number of hydrogen-bond acceptors (Lipinski definition) is 6. The molecule has 0 spiro atoms. The lowest BCUT2D eigenvalue weighted by molar-refractivity contribution is -0.124. The number of H-pyrrole nitrogens is 1. The number of tetrazole rings is 1. The van der Waals surface area contributed by atoms with Gasteiger partial charge in [-0.25, -0.2) is 8.42 Å². The van der Waals surface area contributed by atoms with Crippen molar-refractivity contribution in [2.75, 3.05) is 11.5 Å². The molecule has 1 aromatic rings. The Balaban J connectivity index is 1.94. The van der Waals surface area contributed by atoms with Crippen molar-refractivity contribution in [2.24, 2.45) is 5.92 Å². The average molecular weight is 259 g/mol. The van der Waals surface area contributed by atoms with E-state index in [1.54, 1.807) is 6.92 Å². The molecule has 1 fully saturated rings. The van der Waals surface area contributed by atoms with Gasteiger partial charge in [0.2, 0.25) is 5.91 Å². The lowest BCUT2D eigenvalue weighted by atomic mass is 10.1. The van der Waals surface area contributed by atoms with E-state index < -0.39 is 15.8 Å². The first-order valence-electron chi connectivity index (χ1n) is 5.22. The van der Waals surface area contributed by atoms with E-state index >= 15 is 0 Å². The summed E-state index contributed by atoms with van der Waals surface area (Å²) in [6, 6.07) is -0.385. The quantitative estimate of drug-likeness (QED) is 0.705. The van der Waals surface area contributed by atoms with Crippen LogP contribution in [0.15, 0.2) is 0 Å². The Morgan fingerprint density at radius 3 is 2.88 bits per heavy atom. The van der Waals surface area contributed by atoms with Crippen molar-refractivity contribution in [3.05, 3.63) is 5.82 Å². The van der Waals surface area contributed by atoms with Gasteiger partial charge in [0.25, 0.3) is 0 Å². The summed E-state index contributed by atoms with van der Waals surface area (Å²) in [6.07, 6.45) is 0.382. The second-order valence-electron chi connectivity index (χ2n) is 4.10. The zero-order chi connectivity index (χ0) is 12.5. The summed E-state index contributed by atoms with van der Waals surface area (Å²) in [5.41, 5.74) is 0. The number of hydrogen-bond donors (Lipinski definition) is 2. The van der Waals surface area contributed by atoms with Crippen molar-refractivity contribution in [2.45, 2.75) is 19.4 Å². The Morgan fingerprint density at radius 1 is 1.59 bits per heavy atom. The molecule has 2 N–H and O–H groups in total. The Labute approximate surface area is 98.1 Å². The molecule has 0 saturated carbocycles. The highest BCUT2D eigenvalue weighted by atomic mass is 32.2. The maximum Gasteiger partial charge on any atom is 0.224 e. The highest BCUT2D eigenvalue weighted by Crippen LogP contribution is 2.19. The summed E-state index contributed by atoms with van der Waals surface area (Å²) >= 11 is 0. The van der Waals surface area contributed by atoms with Crippen LogP contribution in [0.2, 0.25) is 0 Å². The molecule has 17 heavy (non-hydrogen) atoms. The Bertz CT molecular complexity index is 497. The zero-order valence-corrected chi connectivity index (χ0v) is 10.1. The van der Waals surface area contributed by atoms with Crippen LogP contribution < -0.4 is 5.32 Å². The fourth-order valence-electron chi connectivity index (χ4n) is 1.75. The molecule has 0 aliphatic carbocycles. The van der Waals surface area contributed by atoms with Gasteiger partial charge in [-0.3, -0.25) is 4.79 Å². The van der Waals surface area contributed by atoms with E-state index in [1.165, 1.54) is 0 Å². The largest absolute Gasteiger partial charge is 0.346 e. The Kier molecular flexibility index (Phi) is 3.09. The number of nitrogens with one attached hydrogen (secondary N) is 2. The minimum atomic E-state index is -3.04. The van der Waals surface area contributed by atoms with E-state index in [0.717, 1.165) is 0 Å². The number of carbonyl (C=O) groups is 1. The summed E-state index contributed by atoms with van der Waals surface area (Å²) < 4.78 is 22.5. The van der Waals surface area contributed by atoms with Crippen molar-refractivity contribution in [3.63, 3.8) is 0 Å². The van der Waals surface area contributed by atoms with E-state index in [2.05, 4.69) is 25.9 Å². The fraction of sp³-hybridized carbons (Fsp3) is 0.750. The first-order chi connectivity index (χ1) is 7.98. The predicted octanol–water partition coefficient (Wildman–Crippen LogP) is -1.19. The molecule has 8 nitrogen and oxygen atoms in total. The van der Waals surface area contributed by atoms with Crippen molar-refractivity contribution in [3.8, 4) is 0 Å². The van der Waals surface area contributed by atoms with Gasteiger partial charge in [0.1, 0.15) is 0 Å². The monoisotopic (exact) mass is 259 g/mol. The average Bonchev–Trinajstić information content (AvgIpc) is 2.86. The molecule has 1 aliphatic rings. The molecule has 9 heteroatoms. The van der Waals surface area contributed by atoms with Gasteiger partial charge in [-0.2, -0.15) is 5.21 Å². The third-order valence-corrected chi connectivity index (χ3v) is 4.48. The van der Waals surface area contributed by atoms with Crippen LogP contribution in [0.3, 0.4) is 0 Å². The number of carbonyl (C=O) groups excluding carboxylic acids is 1. The van der Waals surface area contributed by atoms with Gasteiger partial charge in [-0.05, 0) is 13.3 Å². The van der Waals surface area contributed by atoms with Crippen molar-refractivity contribution in [1.82, 2.24) is 25.9 Å². The van der Waals surface area contributed by atoms with Crippen molar-refractivity contribution >= 4 is 15.7 Å². The number of aromatic nitrogens is 4. The summed E-state index contributed by atoms with van der Waals surface area (Å²) in [6.45, 7) is 1.71. The lowest BCUT2D eigenvalue weighted by Crippen LogP contribution is -2.33. The van der Waals surface area contributed by atoms with Gasteiger partial charge in [-0.15, -0.1) is 10.2 Å². The topological polar surface area (TPSA) is 118 Å². The van der Waals surface area contributed by atoms with Crippen LogP contribution >= 0.6 is 0 Å². The molecule has 1 saturated heterocycles. The molecule has 2 heterocycles. The number of amides is 1. The molecular formula is C8H13N5O3S. The number of nitrogens with zero attached hydrogens (tertiary/aromatic N) is 3. The standard InChI is InChI=1S/C8H13N5O3S/c1-5(7-10-12-13-11-7)9-8(14)6-2-3-17(15,16)4-6/h5-6H,2-4H2,1H3,(H,9,14)(H,10,11,12,13). The molecule has 0 bridgehead atoms. The molecule has 2 rings (SSSR count). The number of sulfone groups is 1. The third kappa shape index (κ3) is 2.78. The molecule has 1 amide bonds. The maximum atomic E-state index is 11.8. The van der Waals surface area contributed by atoms with Crippen molar-refractivity contribution in [1.29, 1.82) is 0 Å². The summed E-state index contributed by atoms with van der Waals surface area (Å²) in [7, 11) is -3.04. The molecule has 1 aromatic heterocycles. The smallest absolute Gasteiger partial charge is 0.224 e. The lowest BCUT2D eigenvalue weighted by Gasteiger charge is -2.13. The molecule has 1 aliphatic heterocycles. The van der Waals surface area contributed by atoms with Gasteiger partial charge in [0, 0.05) is 0 Å². The van der Waals surface area contributed by atoms with Gasteiger partial charge in [0.15, 0.2) is 15.7 Å². The van der Waals surface area contributed by atoms with Crippen LogP contribution in [0.1, 0.15) is 25.2 Å². The van der Waals surface area contributed by atoms with Crippen LogP contribution in [-0.2, 0) is 14.6 Å². The molecule has 94 valence electrons. The van der Waals surface area contributed by atoms with Crippen LogP contribution in [0.5, 0.6) is 0 Å². The van der Waals surface area contributed by atoms with Gasteiger partial charge in [-0.1, -0.05) is 5.21 Å². The van der Waals surface area contributed by atoms with Crippen LogP contribution in [0, 0.1) is 5.92 Å². The highest BCUT2D eigenvalue weighted by molar-refractivity contribution is 7.91. The maximum absolute atomic E-state index is 11.8. The minimum Gasteiger partial charge on any atom is -0.346 e.